The quantitative estimate of drug-likeness (QED) is 0.156. The summed E-state index contributed by atoms with van der Waals surface area (Å²) in [5, 5.41) is 6.96. The van der Waals surface area contributed by atoms with Gasteiger partial charge >= 0.3 is 6.85 Å². The third-order valence-corrected chi connectivity index (χ3v) is 21.4. The van der Waals surface area contributed by atoms with Crippen LogP contribution in [0.15, 0.2) is 158 Å². The molecule has 4 heterocycles. The van der Waals surface area contributed by atoms with Gasteiger partial charge in [0.05, 0.1) is 11.4 Å². The van der Waals surface area contributed by atoms with Gasteiger partial charge in [-0.2, -0.15) is 0 Å². The molecule has 0 spiro atoms. The van der Waals surface area contributed by atoms with Crippen molar-refractivity contribution in [3.05, 3.63) is 174 Å². The molecule has 16 rings (SSSR count). The fourth-order valence-electron chi connectivity index (χ4n) is 16.7. The van der Waals surface area contributed by atoms with E-state index >= 15 is 0 Å². The molecule has 4 bridgehead atoms. The Morgan fingerprint density at radius 1 is 0.514 bits per heavy atom. The number of aromatic nitrogens is 1. The lowest BCUT2D eigenvalue weighted by Gasteiger charge is -2.46. The zero-order valence-corrected chi connectivity index (χ0v) is 44.3. The fourth-order valence-corrected chi connectivity index (χ4v) is 18.1. The molecule has 2 nitrogen and oxygen atoms in total. The molecule has 4 heteroatoms. The van der Waals surface area contributed by atoms with Crippen molar-refractivity contribution in [3.8, 4) is 33.4 Å². The van der Waals surface area contributed by atoms with Crippen LogP contribution in [0.3, 0.4) is 0 Å². The Hall–Kier alpha value is -6.36. The normalized spacial score (nSPS) is 22.9. The van der Waals surface area contributed by atoms with Gasteiger partial charge in [-0.05, 0) is 170 Å². The van der Waals surface area contributed by atoms with Crippen molar-refractivity contribution in [3.63, 3.8) is 0 Å². The second-order valence-corrected chi connectivity index (χ2v) is 26.2. The van der Waals surface area contributed by atoms with Crippen LogP contribution in [0.5, 0.6) is 0 Å². The lowest BCUT2D eigenvalue weighted by molar-refractivity contribution is 0.149. The number of rotatable bonds is 5. The average Bonchev–Trinajstić information content (AvgIpc) is 4.00. The molecule has 0 saturated heterocycles. The van der Waals surface area contributed by atoms with E-state index in [9.17, 15) is 0 Å². The Morgan fingerprint density at radius 2 is 1.18 bits per heavy atom. The van der Waals surface area contributed by atoms with E-state index in [0.717, 1.165) is 11.8 Å². The summed E-state index contributed by atoms with van der Waals surface area (Å²) in [7, 11) is 0. The topological polar surface area (TPSA) is 8.17 Å². The predicted octanol–water partition coefficient (Wildman–Crippen LogP) is 18.4. The molecule has 364 valence electrons. The van der Waals surface area contributed by atoms with E-state index in [-0.39, 0.29) is 17.7 Å². The van der Waals surface area contributed by atoms with E-state index in [1.807, 2.05) is 0 Å². The van der Waals surface area contributed by atoms with Crippen molar-refractivity contribution in [1.82, 2.24) is 4.48 Å². The number of anilines is 3. The predicted molar refractivity (Wildman–Crippen MR) is 317 cm³/mol. The molecule has 2 aromatic heterocycles. The van der Waals surface area contributed by atoms with Crippen LogP contribution in [0.4, 0.5) is 17.1 Å². The minimum Gasteiger partial charge on any atom is -0.375 e. The Balaban J connectivity index is 1.06. The molecule has 10 aromatic rings. The van der Waals surface area contributed by atoms with Gasteiger partial charge in [-0.3, -0.25) is 0 Å². The number of fused-ring (bicyclic) bond motifs is 15. The van der Waals surface area contributed by atoms with E-state index in [2.05, 4.69) is 199 Å². The molecular formula is C70H65BN2S. The minimum atomic E-state index is -0.0196. The Kier molecular flexibility index (Phi) is 9.56. The van der Waals surface area contributed by atoms with Crippen LogP contribution in [-0.4, -0.2) is 11.3 Å². The Bertz CT molecular complexity index is 3920. The van der Waals surface area contributed by atoms with E-state index < -0.39 is 0 Å². The molecule has 8 aromatic carbocycles. The van der Waals surface area contributed by atoms with Crippen LogP contribution >= 0.6 is 11.3 Å². The van der Waals surface area contributed by atoms with E-state index in [1.165, 1.54) is 199 Å². The van der Waals surface area contributed by atoms with Crippen LogP contribution in [0.25, 0.3) is 76.0 Å². The molecule has 0 unspecified atom stereocenters. The van der Waals surface area contributed by atoms with Gasteiger partial charge in [0.1, 0.15) is 0 Å². The molecule has 2 aliphatic heterocycles. The van der Waals surface area contributed by atoms with E-state index in [0.29, 0.717) is 5.41 Å². The van der Waals surface area contributed by atoms with Crippen LogP contribution < -0.4 is 15.1 Å². The number of thiophene rings is 1. The lowest BCUT2D eigenvalue weighted by Crippen LogP contribution is -2.55. The van der Waals surface area contributed by atoms with Crippen LogP contribution in [-0.2, 0) is 16.2 Å². The molecule has 4 saturated carbocycles. The number of nitrogens with zero attached hydrogens (tertiary/aromatic N) is 2. The van der Waals surface area contributed by atoms with Gasteiger partial charge in [-0.25, -0.2) is 0 Å². The van der Waals surface area contributed by atoms with Crippen LogP contribution in [0.1, 0.15) is 127 Å². The standard InChI is InChI=1S/C70H65BN2S/c1-68(2,3)50-27-30-60(55(38-50)47-22-8-5-9-23-47)72-62-37-49(46-20-6-4-7-21-46)36-57-59-41-52(70-34-14-18-45(43-70)19-15-35-70)40-58-56-39-51(69-32-12-16-44(42-69)17-13-33-69)28-31-61(56)73(64(58)59)71(63(57)62)67-65(72)54-29-26-48-24-10-11-25-53(48)66(54)74-67/h4-11,20-31,36-41,44-45H,12-19,32-35,42-43H2,1-3H3. The van der Waals surface area contributed by atoms with Crippen molar-refractivity contribution < 1.29 is 0 Å². The summed E-state index contributed by atoms with van der Waals surface area (Å²) in [5.41, 5.74) is 21.2. The first-order chi connectivity index (χ1) is 36.2. The van der Waals surface area contributed by atoms with Gasteiger partial charge in [0.2, 0.25) is 0 Å². The number of hydrogen-bond donors (Lipinski definition) is 0. The van der Waals surface area contributed by atoms with Gasteiger partial charge in [-0.15, -0.1) is 11.3 Å². The van der Waals surface area contributed by atoms with Crippen molar-refractivity contribution in [2.45, 2.75) is 127 Å². The molecule has 74 heavy (non-hydrogen) atoms. The highest BCUT2D eigenvalue weighted by Gasteiger charge is 2.48. The summed E-state index contributed by atoms with van der Waals surface area (Å²) in [5.74, 6) is 1.73. The Morgan fingerprint density at radius 3 is 1.89 bits per heavy atom. The molecule has 0 radical (unpaired) electrons. The largest absolute Gasteiger partial charge is 0.375 e. The maximum Gasteiger partial charge on any atom is 0.343 e. The van der Waals surface area contributed by atoms with E-state index in [1.54, 1.807) is 11.1 Å². The first-order valence-electron chi connectivity index (χ1n) is 28.5. The summed E-state index contributed by atoms with van der Waals surface area (Å²) in [6.45, 7) is 7.06. The summed E-state index contributed by atoms with van der Waals surface area (Å²) in [6, 6.07) is 62.7. The van der Waals surface area contributed by atoms with Gasteiger partial charge in [0, 0.05) is 53.5 Å². The summed E-state index contributed by atoms with van der Waals surface area (Å²) < 4.78 is 5.71. The smallest absolute Gasteiger partial charge is 0.343 e. The molecule has 0 atom stereocenters. The molecule has 0 amide bonds. The first kappa shape index (κ1) is 44.0. The monoisotopic (exact) mass is 976 g/mol. The van der Waals surface area contributed by atoms with Crippen molar-refractivity contribution in [1.29, 1.82) is 0 Å². The SMILES string of the molecule is CC(C)(C)c1ccc(N2c3cc(-c4ccccc4)cc4c3B(c3sc5c(ccc6ccccc65)c32)n2c3ccc(C56CCCC(CCC5)C6)cc3c3cc(C56CCCC(CCC5)C6)cc-4c32)c(-c2ccccc2)c1. The van der Waals surface area contributed by atoms with Gasteiger partial charge in [0.25, 0.3) is 0 Å². The molecule has 4 aliphatic carbocycles. The summed E-state index contributed by atoms with van der Waals surface area (Å²) >= 11 is 2.06. The zero-order valence-electron chi connectivity index (χ0n) is 43.4. The molecular weight excluding hydrogens is 912 g/mol. The molecule has 4 fully saturated rings. The van der Waals surface area contributed by atoms with Crippen LogP contribution in [0.2, 0.25) is 0 Å². The highest BCUT2D eigenvalue weighted by Crippen LogP contribution is 2.57. The highest BCUT2D eigenvalue weighted by molar-refractivity contribution is 7.32. The summed E-state index contributed by atoms with van der Waals surface area (Å²) in [4.78, 5) is 2.75. The Labute approximate surface area is 441 Å². The van der Waals surface area contributed by atoms with Crippen molar-refractivity contribution >= 4 is 88.2 Å². The maximum atomic E-state index is 2.89. The van der Waals surface area contributed by atoms with E-state index in [4.69, 9.17) is 0 Å². The van der Waals surface area contributed by atoms with Crippen molar-refractivity contribution in [2.24, 2.45) is 11.8 Å². The van der Waals surface area contributed by atoms with Crippen molar-refractivity contribution in [2.75, 3.05) is 4.90 Å². The maximum absolute atomic E-state index is 2.89. The minimum absolute atomic E-state index is 0.00994. The fraction of sp³-hybridized carbons (Fsp3) is 0.314. The highest BCUT2D eigenvalue weighted by atomic mass is 32.1. The van der Waals surface area contributed by atoms with Crippen LogP contribution in [0, 0.1) is 11.8 Å². The zero-order chi connectivity index (χ0) is 49.1. The molecule has 0 N–H and O–H groups in total. The van der Waals surface area contributed by atoms with Gasteiger partial charge < -0.3 is 9.38 Å². The number of benzene rings is 8. The number of hydrogen-bond acceptors (Lipinski definition) is 2. The second-order valence-electron chi connectivity index (χ2n) is 25.2. The summed E-state index contributed by atoms with van der Waals surface area (Å²) in [6.07, 6.45) is 19.1. The lowest BCUT2D eigenvalue weighted by atomic mass is 9.48. The third kappa shape index (κ3) is 6.36. The average molecular weight is 977 g/mol. The van der Waals surface area contributed by atoms with Gasteiger partial charge in [0.15, 0.2) is 0 Å². The molecule has 6 aliphatic rings. The first-order valence-corrected chi connectivity index (χ1v) is 29.3. The second kappa shape index (κ2) is 16.1. The third-order valence-electron chi connectivity index (χ3n) is 20.1. The van der Waals surface area contributed by atoms with Gasteiger partial charge in [-0.1, -0.05) is 181 Å².